The standard InChI is InChI=1S/C48H66F4N8O13S/c1-33-56-58-47(59-57-33)35-8-6-34(7-9-35)30-40(61)53-11-15-66-19-23-70-27-29-72-25-21-68-17-13-60(41(62)5-3-2-4-39-45-38(32-74-39)54-48(64)55-45)12-16-67-20-24-71-28-26-69-22-18-65-14-10-42(63)73-46-43(51)36(49)31-37(50)44(46)52/h6-9,31,38-39,45H,2-5,10-30,32H2,1H3,(H,53,61)(H2,54,55,64)/t38-,39-,45-/m1/s1. The molecule has 2 aromatic carbocycles. The predicted molar refractivity (Wildman–Crippen MR) is 258 cm³/mol. The lowest BCUT2D eigenvalue weighted by atomic mass is 10.0. The maximum absolute atomic E-state index is 13.7. The van der Waals surface area contributed by atoms with E-state index in [9.17, 15) is 36.7 Å². The predicted octanol–water partition coefficient (Wildman–Crippen LogP) is 3.14. The van der Waals surface area contributed by atoms with Crippen LogP contribution in [0.3, 0.4) is 0 Å². The van der Waals surface area contributed by atoms with Crippen LogP contribution in [0.1, 0.15) is 43.5 Å². The van der Waals surface area contributed by atoms with Gasteiger partial charge in [0.2, 0.25) is 35.0 Å². The summed E-state index contributed by atoms with van der Waals surface area (Å²) in [6.45, 7) is 7.09. The number of carbonyl (C=O) groups is 4. The topological polar surface area (TPSA) is 242 Å². The lowest BCUT2D eigenvalue weighted by Crippen LogP contribution is -2.37. The van der Waals surface area contributed by atoms with Crippen molar-refractivity contribution in [2.24, 2.45) is 0 Å². The summed E-state index contributed by atoms with van der Waals surface area (Å²) in [6.07, 6.45) is 2.67. The van der Waals surface area contributed by atoms with E-state index in [-0.39, 0.29) is 95.3 Å². The molecule has 0 radical (unpaired) electrons. The van der Waals surface area contributed by atoms with E-state index in [0.29, 0.717) is 95.8 Å². The first-order chi connectivity index (χ1) is 36.0. The summed E-state index contributed by atoms with van der Waals surface area (Å²) in [5.74, 6) is -7.93. The number of ether oxygens (including phenoxy) is 9. The maximum Gasteiger partial charge on any atom is 0.315 e. The molecule has 0 saturated carbocycles. The fraction of sp³-hybridized carbons (Fsp3) is 0.625. The Kier molecular flexibility index (Phi) is 27.7. The number of aromatic nitrogens is 4. The minimum Gasteiger partial charge on any atom is -0.420 e. The third-order valence-corrected chi connectivity index (χ3v) is 12.6. The van der Waals surface area contributed by atoms with Crippen LogP contribution in [-0.2, 0) is 58.7 Å². The molecule has 2 aliphatic rings. The van der Waals surface area contributed by atoms with Crippen LogP contribution >= 0.6 is 11.8 Å². The van der Waals surface area contributed by atoms with Crippen molar-refractivity contribution in [2.45, 2.75) is 62.8 Å². The van der Waals surface area contributed by atoms with Crippen LogP contribution in [-0.4, -0.2) is 198 Å². The van der Waals surface area contributed by atoms with E-state index >= 15 is 0 Å². The van der Waals surface area contributed by atoms with E-state index in [1.54, 1.807) is 11.8 Å². The molecule has 0 unspecified atom stereocenters. The molecule has 2 fully saturated rings. The molecule has 26 heteroatoms. The molecule has 2 saturated heterocycles. The normalized spacial score (nSPS) is 16.0. The van der Waals surface area contributed by atoms with Gasteiger partial charge in [-0.2, -0.15) is 20.5 Å². The van der Waals surface area contributed by atoms with Crippen molar-refractivity contribution < 1.29 is 79.4 Å². The number of aryl methyl sites for hydroxylation is 1. The summed E-state index contributed by atoms with van der Waals surface area (Å²) < 4.78 is 103. The van der Waals surface area contributed by atoms with Gasteiger partial charge in [0.15, 0.2) is 17.5 Å². The zero-order valence-electron chi connectivity index (χ0n) is 41.5. The summed E-state index contributed by atoms with van der Waals surface area (Å²) in [4.78, 5) is 50.9. The average molecular weight is 1070 g/mol. The number of hydrogen-bond donors (Lipinski definition) is 3. The third kappa shape index (κ3) is 22.3. The number of rotatable bonds is 39. The summed E-state index contributed by atoms with van der Waals surface area (Å²) in [5.41, 5.74) is 1.61. The van der Waals surface area contributed by atoms with E-state index < -0.39 is 41.4 Å². The van der Waals surface area contributed by atoms with Gasteiger partial charge in [-0.15, -0.1) is 20.4 Å². The highest BCUT2D eigenvalue weighted by molar-refractivity contribution is 8.00. The van der Waals surface area contributed by atoms with Crippen LogP contribution in [0, 0.1) is 30.2 Å². The van der Waals surface area contributed by atoms with E-state index in [2.05, 4.69) is 41.1 Å². The van der Waals surface area contributed by atoms with Crippen molar-refractivity contribution in [1.29, 1.82) is 0 Å². The Morgan fingerprint density at radius 1 is 0.676 bits per heavy atom. The van der Waals surface area contributed by atoms with Gasteiger partial charge in [0.25, 0.3) is 0 Å². The SMILES string of the molecule is Cc1nnc(-c2ccc(CC(=O)NCCOCCOCCOCCOCCN(CCOCCOCCOCCOCCC(=O)Oc3c(F)c(F)cc(F)c3F)C(=O)CCCC[C@H]3SC[C@H]4NC(=O)N[C@H]43)cc2)nn1. The Morgan fingerprint density at radius 3 is 1.77 bits per heavy atom. The number of hydrogen-bond acceptors (Lipinski definition) is 18. The fourth-order valence-corrected chi connectivity index (χ4v) is 8.84. The number of benzene rings is 2. The second kappa shape index (κ2) is 34.4. The van der Waals surface area contributed by atoms with Crippen molar-refractivity contribution in [3.05, 3.63) is 65.0 Å². The van der Waals surface area contributed by atoms with Gasteiger partial charge in [0, 0.05) is 48.7 Å². The quantitative estimate of drug-likeness (QED) is 0.0186. The minimum atomic E-state index is -1.81. The van der Waals surface area contributed by atoms with Gasteiger partial charge in [-0.3, -0.25) is 14.4 Å². The number of fused-ring (bicyclic) bond motifs is 1. The highest BCUT2D eigenvalue weighted by atomic mass is 32.2. The Balaban J connectivity index is 0.839. The van der Waals surface area contributed by atoms with E-state index in [1.807, 2.05) is 36.0 Å². The molecule has 21 nitrogen and oxygen atoms in total. The molecule has 74 heavy (non-hydrogen) atoms. The molecule has 2 aliphatic heterocycles. The smallest absolute Gasteiger partial charge is 0.315 e. The van der Waals surface area contributed by atoms with Gasteiger partial charge >= 0.3 is 12.0 Å². The Morgan fingerprint density at radius 2 is 1.20 bits per heavy atom. The number of nitrogens with zero attached hydrogens (tertiary/aromatic N) is 5. The van der Waals surface area contributed by atoms with E-state index in [0.717, 1.165) is 36.1 Å². The van der Waals surface area contributed by atoms with Crippen LogP contribution in [0.2, 0.25) is 0 Å². The number of esters is 1. The molecule has 3 N–H and O–H groups in total. The highest BCUT2D eigenvalue weighted by Crippen LogP contribution is 2.33. The molecule has 0 spiro atoms. The van der Waals surface area contributed by atoms with Crippen molar-refractivity contribution in [2.75, 3.05) is 131 Å². The summed E-state index contributed by atoms with van der Waals surface area (Å²) in [6, 6.07) is 7.50. The van der Waals surface area contributed by atoms with Crippen LogP contribution in [0.15, 0.2) is 30.3 Å². The van der Waals surface area contributed by atoms with Crippen molar-refractivity contribution in [1.82, 2.24) is 41.2 Å². The molecule has 1 aromatic heterocycles. The molecule has 4 amide bonds. The number of thioether (sulfide) groups is 1. The largest absolute Gasteiger partial charge is 0.420 e. The third-order valence-electron chi connectivity index (χ3n) is 11.1. The molecule has 3 atom stereocenters. The number of nitrogens with one attached hydrogen (secondary N) is 3. The number of amides is 4. The summed E-state index contributed by atoms with van der Waals surface area (Å²) >= 11 is 1.85. The minimum absolute atomic E-state index is 0.000159. The van der Waals surface area contributed by atoms with Crippen molar-refractivity contribution in [3.63, 3.8) is 0 Å². The number of unbranched alkanes of at least 4 members (excludes halogenated alkanes) is 1. The van der Waals surface area contributed by atoms with Gasteiger partial charge in [-0.1, -0.05) is 30.7 Å². The molecule has 5 rings (SSSR count). The van der Waals surface area contributed by atoms with Crippen LogP contribution < -0.4 is 20.7 Å². The van der Waals surface area contributed by atoms with Gasteiger partial charge in [-0.05, 0) is 25.3 Å². The lowest BCUT2D eigenvalue weighted by molar-refractivity contribution is -0.136. The first kappa shape index (κ1) is 59.7. The van der Waals surface area contributed by atoms with Crippen LogP contribution in [0.5, 0.6) is 5.75 Å². The molecule has 0 bridgehead atoms. The highest BCUT2D eigenvalue weighted by Gasteiger charge is 2.42. The second-order valence-corrected chi connectivity index (χ2v) is 17.9. The number of carbonyl (C=O) groups excluding carboxylic acids is 4. The summed E-state index contributed by atoms with van der Waals surface area (Å²) in [7, 11) is 0. The summed E-state index contributed by atoms with van der Waals surface area (Å²) in [5, 5.41) is 25.0. The zero-order chi connectivity index (χ0) is 52.8. The molecule has 3 heterocycles. The molecule has 0 aliphatic carbocycles. The zero-order valence-corrected chi connectivity index (χ0v) is 42.3. The molecular formula is C48H66F4N8O13S. The number of urea groups is 1. The first-order valence-electron chi connectivity index (χ1n) is 24.5. The Labute approximate surface area is 431 Å². The van der Waals surface area contributed by atoms with Crippen molar-refractivity contribution in [3.8, 4) is 17.1 Å². The number of halogens is 4. The maximum atomic E-state index is 13.7. The average Bonchev–Trinajstić information content (AvgIpc) is 3.95. The Bertz CT molecular complexity index is 2140. The fourth-order valence-electron chi connectivity index (χ4n) is 7.30. The van der Waals surface area contributed by atoms with Crippen molar-refractivity contribution >= 4 is 35.6 Å². The molecule has 410 valence electrons. The van der Waals surface area contributed by atoms with Crippen LogP contribution in [0.4, 0.5) is 22.4 Å². The monoisotopic (exact) mass is 1070 g/mol. The van der Waals surface area contributed by atoms with Gasteiger partial charge in [0.05, 0.1) is 131 Å². The van der Waals surface area contributed by atoms with E-state index in [4.69, 9.17) is 37.9 Å². The first-order valence-corrected chi connectivity index (χ1v) is 25.6. The van der Waals surface area contributed by atoms with E-state index in [1.165, 1.54) is 0 Å². The van der Waals surface area contributed by atoms with Gasteiger partial charge in [-0.25, -0.2) is 13.6 Å². The molecular weight excluding hydrogens is 1000 g/mol. The van der Waals surface area contributed by atoms with Gasteiger partial charge in [0.1, 0.15) is 0 Å². The van der Waals surface area contributed by atoms with Crippen LogP contribution in [0.25, 0.3) is 11.4 Å². The second-order valence-electron chi connectivity index (χ2n) is 16.7. The van der Waals surface area contributed by atoms with Gasteiger partial charge < -0.3 is 63.5 Å². The Hall–Kier alpha value is -5.19. The molecule has 3 aromatic rings. The lowest BCUT2D eigenvalue weighted by Gasteiger charge is -2.23.